The average Bonchev–Trinajstić information content (AvgIpc) is 3.19. The third-order valence-corrected chi connectivity index (χ3v) is 3.25. The lowest BCUT2D eigenvalue weighted by Crippen LogP contribution is -2.27. The maximum absolute atomic E-state index is 5.45. The Kier molecular flexibility index (Phi) is 4.21. The third-order valence-electron chi connectivity index (χ3n) is 3.25. The van der Waals surface area contributed by atoms with Gasteiger partial charge in [-0.15, -0.1) is 0 Å². The standard InChI is InChI=1S/C15H21NO/c1-3-10-17-15-8-4-13(5-9-15)11-16-12(2)14-6-7-14/h3-5,8-9,12,14,16H,1,6-7,10-11H2,2H3. The van der Waals surface area contributed by atoms with Crippen LogP contribution in [0.3, 0.4) is 0 Å². The van der Waals surface area contributed by atoms with Crippen LogP contribution in [0, 0.1) is 5.92 Å². The molecule has 92 valence electrons. The van der Waals surface area contributed by atoms with E-state index in [0.29, 0.717) is 12.6 Å². The van der Waals surface area contributed by atoms with Crippen LogP contribution in [0.15, 0.2) is 36.9 Å². The van der Waals surface area contributed by atoms with E-state index in [1.54, 1.807) is 6.08 Å². The van der Waals surface area contributed by atoms with Crippen LogP contribution in [-0.2, 0) is 6.54 Å². The molecule has 2 heteroatoms. The van der Waals surface area contributed by atoms with Crippen LogP contribution >= 0.6 is 0 Å². The molecule has 0 radical (unpaired) electrons. The minimum Gasteiger partial charge on any atom is -0.490 e. The van der Waals surface area contributed by atoms with Gasteiger partial charge in [-0.05, 0) is 43.4 Å². The summed E-state index contributed by atoms with van der Waals surface area (Å²) in [4.78, 5) is 0. The molecule has 1 aliphatic carbocycles. The SMILES string of the molecule is C=CCOc1ccc(CNC(C)C2CC2)cc1. The summed E-state index contributed by atoms with van der Waals surface area (Å²) in [5, 5.41) is 3.57. The first kappa shape index (κ1) is 12.2. The number of hydrogen-bond donors (Lipinski definition) is 1. The van der Waals surface area contributed by atoms with Crippen molar-refractivity contribution < 1.29 is 4.74 Å². The van der Waals surface area contributed by atoms with Crippen molar-refractivity contribution in [1.29, 1.82) is 0 Å². The van der Waals surface area contributed by atoms with Crippen molar-refractivity contribution in [2.75, 3.05) is 6.61 Å². The van der Waals surface area contributed by atoms with Crippen LogP contribution in [0.25, 0.3) is 0 Å². The molecule has 0 spiro atoms. The minimum atomic E-state index is 0.566. The van der Waals surface area contributed by atoms with E-state index in [1.165, 1.54) is 18.4 Å². The zero-order chi connectivity index (χ0) is 12.1. The third kappa shape index (κ3) is 3.90. The van der Waals surface area contributed by atoms with Gasteiger partial charge in [0.25, 0.3) is 0 Å². The second-order valence-corrected chi connectivity index (χ2v) is 4.75. The summed E-state index contributed by atoms with van der Waals surface area (Å²) in [5.41, 5.74) is 1.31. The number of benzene rings is 1. The Morgan fingerprint density at radius 2 is 2.12 bits per heavy atom. The first-order valence-corrected chi connectivity index (χ1v) is 6.35. The van der Waals surface area contributed by atoms with E-state index < -0.39 is 0 Å². The van der Waals surface area contributed by atoms with Gasteiger partial charge in [0.05, 0.1) is 0 Å². The van der Waals surface area contributed by atoms with Crippen molar-refractivity contribution in [2.45, 2.75) is 32.4 Å². The Labute approximate surface area is 104 Å². The van der Waals surface area contributed by atoms with Crippen molar-refractivity contribution in [1.82, 2.24) is 5.32 Å². The van der Waals surface area contributed by atoms with Crippen LogP contribution in [-0.4, -0.2) is 12.6 Å². The lowest BCUT2D eigenvalue weighted by atomic mass is 10.1. The summed E-state index contributed by atoms with van der Waals surface area (Å²) in [6, 6.07) is 8.91. The summed E-state index contributed by atoms with van der Waals surface area (Å²) >= 11 is 0. The first-order valence-electron chi connectivity index (χ1n) is 6.35. The molecule has 17 heavy (non-hydrogen) atoms. The molecule has 2 rings (SSSR count). The minimum absolute atomic E-state index is 0.566. The molecule has 1 aromatic carbocycles. The molecule has 0 amide bonds. The monoisotopic (exact) mass is 231 g/mol. The highest BCUT2D eigenvalue weighted by atomic mass is 16.5. The maximum Gasteiger partial charge on any atom is 0.119 e. The van der Waals surface area contributed by atoms with Crippen molar-refractivity contribution >= 4 is 0 Å². The van der Waals surface area contributed by atoms with E-state index in [1.807, 2.05) is 12.1 Å². The molecule has 1 saturated carbocycles. The van der Waals surface area contributed by atoms with E-state index in [9.17, 15) is 0 Å². The normalized spacial score (nSPS) is 16.5. The Balaban J connectivity index is 1.78. The Morgan fingerprint density at radius 1 is 1.41 bits per heavy atom. The zero-order valence-electron chi connectivity index (χ0n) is 10.5. The van der Waals surface area contributed by atoms with E-state index in [-0.39, 0.29) is 0 Å². The number of nitrogens with one attached hydrogen (secondary N) is 1. The molecule has 1 aliphatic rings. The van der Waals surface area contributed by atoms with Gasteiger partial charge in [0.1, 0.15) is 12.4 Å². The molecule has 1 atom stereocenters. The number of hydrogen-bond acceptors (Lipinski definition) is 2. The molecule has 0 heterocycles. The molecule has 1 aromatic rings. The molecule has 0 aromatic heterocycles. The summed E-state index contributed by atoms with van der Waals surface area (Å²) in [5.74, 6) is 1.81. The topological polar surface area (TPSA) is 21.3 Å². The molecule has 0 bridgehead atoms. The van der Waals surface area contributed by atoms with Crippen LogP contribution in [0.2, 0.25) is 0 Å². The molecular formula is C15H21NO. The van der Waals surface area contributed by atoms with Crippen LogP contribution in [0.1, 0.15) is 25.3 Å². The lowest BCUT2D eigenvalue weighted by molar-refractivity contribution is 0.363. The van der Waals surface area contributed by atoms with Crippen LogP contribution in [0.4, 0.5) is 0 Å². The molecule has 2 nitrogen and oxygen atoms in total. The van der Waals surface area contributed by atoms with Gasteiger partial charge in [-0.2, -0.15) is 0 Å². The van der Waals surface area contributed by atoms with Gasteiger partial charge in [-0.1, -0.05) is 24.8 Å². The smallest absolute Gasteiger partial charge is 0.119 e. The highest BCUT2D eigenvalue weighted by Crippen LogP contribution is 2.32. The van der Waals surface area contributed by atoms with Crippen molar-refractivity contribution in [3.8, 4) is 5.75 Å². The first-order chi connectivity index (χ1) is 8.29. The van der Waals surface area contributed by atoms with E-state index >= 15 is 0 Å². The fourth-order valence-electron chi connectivity index (χ4n) is 1.90. The van der Waals surface area contributed by atoms with Gasteiger partial charge in [-0.3, -0.25) is 0 Å². The van der Waals surface area contributed by atoms with Crippen molar-refractivity contribution in [2.24, 2.45) is 5.92 Å². The predicted molar refractivity (Wildman–Crippen MR) is 71.2 cm³/mol. The summed E-state index contributed by atoms with van der Waals surface area (Å²) in [7, 11) is 0. The summed E-state index contributed by atoms with van der Waals surface area (Å²) in [6.45, 7) is 7.42. The maximum atomic E-state index is 5.45. The zero-order valence-corrected chi connectivity index (χ0v) is 10.5. The van der Waals surface area contributed by atoms with Crippen molar-refractivity contribution in [3.05, 3.63) is 42.5 Å². The highest BCUT2D eigenvalue weighted by molar-refractivity contribution is 5.27. The summed E-state index contributed by atoms with van der Waals surface area (Å²) < 4.78 is 5.45. The molecule has 0 aliphatic heterocycles. The Morgan fingerprint density at radius 3 is 2.71 bits per heavy atom. The van der Waals surface area contributed by atoms with Gasteiger partial charge in [-0.25, -0.2) is 0 Å². The fraction of sp³-hybridized carbons (Fsp3) is 0.467. The predicted octanol–water partition coefficient (Wildman–Crippen LogP) is 3.14. The second-order valence-electron chi connectivity index (χ2n) is 4.75. The molecule has 1 N–H and O–H groups in total. The van der Waals surface area contributed by atoms with Gasteiger partial charge < -0.3 is 10.1 Å². The Bertz CT molecular complexity index is 354. The fourth-order valence-corrected chi connectivity index (χ4v) is 1.90. The average molecular weight is 231 g/mol. The van der Waals surface area contributed by atoms with Crippen molar-refractivity contribution in [3.63, 3.8) is 0 Å². The van der Waals surface area contributed by atoms with Crippen LogP contribution in [0.5, 0.6) is 5.75 Å². The van der Waals surface area contributed by atoms with E-state index in [0.717, 1.165) is 18.2 Å². The number of rotatable bonds is 7. The lowest BCUT2D eigenvalue weighted by Gasteiger charge is -2.12. The number of ether oxygens (including phenoxy) is 1. The summed E-state index contributed by atoms with van der Waals surface area (Å²) in [6.07, 6.45) is 4.54. The molecule has 0 saturated heterocycles. The second kappa shape index (κ2) is 5.87. The van der Waals surface area contributed by atoms with E-state index in [2.05, 4.69) is 31.0 Å². The Hall–Kier alpha value is -1.28. The van der Waals surface area contributed by atoms with Crippen LogP contribution < -0.4 is 10.1 Å². The van der Waals surface area contributed by atoms with E-state index in [4.69, 9.17) is 4.74 Å². The van der Waals surface area contributed by atoms with Gasteiger partial charge >= 0.3 is 0 Å². The van der Waals surface area contributed by atoms with Gasteiger partial charge in [0.2, 0.25) is 0 Å². The molecular weight excluding hydrogens is 210 g/mol. The largest absolute Gasteiger partial charge is 0.490 e. The highest BCUT2D eigenvalue weighted by Gasteiger charge is 2.27. The van der Waals surface area contributed by atoms with Gasteiger partial charge in [0, 0.05) is 12.6 Å². The van der Waals surface area contributed by atoms with Gasteiger partial charge in [0.15, 0.2) is 0 Å². The quantitative estimate of drug-likeness (QED) is 0.728. The molecule has 1 fully saturated rings. The molecule has 1 unspecified atom stereocenters.